The molecule has 2 N–H and O–H groups in total. The van der Waals surface area contributed by atoms with Crippen LogP contribution in [0.4, 0.5) is 10.5 Å². The number of benzene rings is 2. The number of hydrogen-bond donors (Lipinski definition) is 2. The van der Waals surface area contributed by atoms with Gasteiger partial charge in [-0.05, 0) is 63.5 Å². The Balaban J connectivity index is 1.29. The molecule has 0 radical (unpaired) electrons. The Hall–Kier alpha value is -4.25. The monoisotopic (exact) mass is 560 g/mol. The first kappa shape index (κ1) is 23.2. The van der Waals surface area contributed by atoms with Gasteiger partial charge in [-0.3, -0.25) is 19.5 Å². The molecule has 4 amide bonds. The Bertz CT molecular complexity index is 1680. The normalized spacial score (nSPS) is 18.5. The van der Waals surface area contributed by atoms with Gasteiger partial charge in [-0.25, -0.2) is 19.1 Å². The van der Waals surface area contributed by atoms with Crippen molar-refractivity contribution in [2.45, 2.75) is 24.9 Å². The summed E-state index contributed by atoms with van der Waals surface area (Å²) in [5.74, 6) is -0.232. The van der Waals surface area contributed by atoms with Crippen molar-refractivity contribution in [3.8, 4) is 5.82 Å². The number of nitrogens with zero attached hydrogens (tertiary/aromatic N) is 4. The number of hydrogen-bond acceptors (Lipinski definition) is 5. The van der Waals surface area contributed by atoms with E-state index in [-0.39, 0.29) is 24.0 Å². The highest BCUT2D eigenvalue weighted by Gasteiger charge is 2.54. The zero-order valence-corrected chi connectivity index (χ0v) is 21.3. The van der Waals surface area contributed by atoms with Crippen molar-refractivity contribution in [1.29, 1.82) is 0 Å². The molecule has 2 aromatic carbocycles. The maximum absolute atomic E-state index is 13.4. The molecule has 1 spiro atoms. The highest BCUT2D eigenvalue weighted by molar-refractivity contribution is 9.10. The van der Waals surface area contributed by atoms with Crippen molar-refractivity contribution < 1.29 is 14.4 Å². The lowest BCUT2D eigenvalue weighted by Crippen LogP contribution is -2.48. The largest absolute Gasteiger partial charge is 0.335 e. The second-order valence-electron chi connectivity index (χ2n) is 9.23. The molecule has 6 rings (SSSR count). The quantitative estimate of drug-likeness (QED) is 0.372. The molecule has 1 saturated heterocycles. The van der Waals surface area contributed by atoms with Crippen molar-refractivity contribution in [2.24, 2.45) is 0 Å². The number of carbonyl (C=O) groups is 3. The van der Waals surface area contributed by atoms with Gasteiger partial charge in [0.1, 0.15) is 17.9 Å². The molecular formula is C26H21BrN6O4. The summed E-state index contributed by atoms with van der Waals surface area (Å²) in [6.45, 7) is -0.202. The third-order valence-electron chi connectivity index (χ3n) is 7.13. The van der Waals surface area contributed by atoms with Crippen LogP contribution in [-0.2, 0) is 29.0 Å². The van der Waals surface area contributed by atoms with Crippen molar-refractivity contribution in [2.75, 3.05) is 12.4 Å². The van der Waals surface area contributed by atoms with Gasteiger partial charge in [0.25, 0.3) is 5.91 Å². The number of fused-ring (bicyclic) bond motifs is 2. The lowest BCUT2D eigenvalue weighted by Gasteiger charge is -2.27. The molecule has 37 heavy (non-hydrogen) atoms. The molecule has 3 heterocycles. The topological polar surface area (TPSA) is 118 Å². The smallest absolute Gasteiger partial charge is 0.323 e. The number of imide groups is 1. The highest BCUT2D eigenvalue weighted by Crippen LogP contribution is 2.40. The van der Waals surface area contributed by atoms with Gasteiger partial charge in [-0.15, -0.1) is 0 Å². The van der Waals surface area contributed by atoms with E-state index in [1.165, 1.54) is 14.0 Å². The minimum absolute atomic E-state index is 0.202. The third-order valence-corrected chi connectivity index (χ3v) is 7.79. The molecule has 0 bridgehead atoms. The zero-order chi connectivity index (χ0) is 25.9. The van der Waals surface area contributed by atoms with Crippen LogP contribution in [-0.4, -0.2) is 49.5 Å². The molecule has 186 valence electrons. The minimum Gasteiger partial charge on any atom is -0.323 e. The number of pyridine rings is 1. The van der Waals surface area contributed by atoms with Crippen LogP contribution in [0, 0.1) is 0 Å². The fourth-order valence-corrected chi connectivity index (χ4v) is 5.71. The van der Waals surface area contributed by atoms with Crippen molar-refractivity contribution >= 4 is 50.5 Å². The number of likely N-dealkylation sites (N-methyl/N-ethyl adjacent to an activating group) is 1. The van der Waals surface area contributed by atoms with Gasteiger partial charge in [0.2, 0.25) is 5.91 Å². The standard InChI is InChI=1S/C26H21BrN6O4/c1-31-24(36)30-23(35)26(31)12-15-10-17(27)18(11-16(15)13-26)29-22(34)14-32-19-6-2-3-7-20(19)33(25(32)37)21-8-4-5-9-28-21/h2-11H,12-14H2,1H3,(H,29,34)(H,30,35,36)/t26-/m1/s1. The van der Waals surface area contributed by atoms with E-state index in [4.69, 9.17) is 0 Å². The summed E-state index contributed by atoms with van der Waals surface area (Å²) >= 11 is 3.52. The predicted octanol–water partition coefficient (Wildman–Crippen LogP) is 2.61. The maximum Gasteiger partial charge on any atom is 0.335 e. The van der Waals surface area contributed by atoms with Crippen molar-refractivity contribution in [1.82, 2.24) is 24.3 Å². The molecule has 11 heteroatoms. The molecule has 0 saturated carbocycles. The molecule has 1 fully saturated rings. The molecule has 4 aromatic rings. The van der Waals surface area contributed by atoms with Crippen LogP contribution in [0.3, 0.4) is 0 Å². The Morgan fingerprint density at radius 3 is 2.43 bits per heavy atom. The van der Waals surface area contributed by atoms with Crippen molar-refractivity contribution in [3.63, 3.8) is 0 Å². The number of rotatable bonds is 4. The number of para-hydroxylation sites is 2. The molecule has 1 aliphatic heterocycles. The van der Waals surface area contributed by atoms with Gasteiger partial charge < -0.3 is 10.2 Å². The van der Waals surface area contributed by atoms with E-state index >= 15 is 0 Å². The van der Waals surface area contributed by atoms with Gasteiger partial charge in [0.05, 0.1) is 16.7 Å². The Labute approximate surface area is 219 Å². The Morgan fingerprint density at radius 1 is 1.05 bits per heavy atom. The van der Waals surface area contributed by atoms with Crippen LogP contribution in [0.15, 0.2) is 70.1 Å². The molecule has 0 unspecified atom stereocenters. The Morgan fingerprint density at radius 2 is 1.76 bits per heavy atom. The summed E-state index contributed by atoms with van der Waals surface area (Å²) in [5, 5.41) is 5.27. The molecule has 1 aliphatic carbocycles. The van der Waals surface area contributed by atoms with Gasteiger partial charge in [-0.2, -0.15) is 0 Å². The van der Waals surface area contributed by atoms with Gasteiger partial charge >= 0.3 is 11.7 Å². The number of aromatic nitrogens is 3. The van der Waals surface area contributed by atoms with Crippen molar-refractivity contribution in [3.05, 3.63) is 86.9 Å². The van der Waals surface area contributed by atoms with Gasteiger partial charge in [0.15, 0.2) is 0 Å². The number of imidazole rings is 1. The molecular weight excluding hydrogens is 540 g/mol. The van der Waals surface area contributed by atoms with E-state index in [0.717, 1.165) is 11.1 Å². The SMILES string of the molecule is CN1C(=O)NC(=O)[C@]12Cc1cc(Br)c(NC(=O)Cn3c(=O)n(-c4ccccn4)c4ccccc43)cc1C2. The number of nitrogens with one attached hydrogen (secondary N) is 2. The minimum atomic E-state index is -0.956. The number of anilines is 1. The first-order valence-electron chi connectivity index (χ1n) is 11.6. The zero-order valence-electron chi connectivity index (χ0n) is 19.7. The van der Waals surface area contributed by atoms with Gasteiger partial charge in [0, 0.05) is 30.6 Å². The second kappa shape index (κ2) is 8.41. The Kier molecular flexibility index (Phi) is 5.27. The lowest BCUT2D eigenvalue weighted by atomic mass is 9.95. The number of halogens is 1. The molecule has 10 nitrogen and oxygen atoms in total. The summed E-state index contributed by atoms with van der Waals surface area (Å²) < 4.78 is 3.55. The fourth-order valence-electron chi connectivity index (χ4n) is 5.22. The van der Waals surface area contributed by atoms with Crippen LogP contribution in [0.5, 0.6) is 0 Å². The van der Waals surface area contributed by atoms with Crippen LogP contribution in [0.25, 0.3) is 16.9 Å². The summed E-state index contributed by atoms with van der Waals surface area (Å²) in [5.41, 5.74) is 2.26. The fraction of sp³-hybridized carbons (Fsp3) is 0.192. The van der Waals surface area contributed by atoms with Gasteiger partial charge in [-0.1, -0.05) is 18.2 Å². The number of urea groups is 1. The first-order valence-corrected chi connectivity index (χ1v) is 12.4. The first-order chi connectivity index (χ1) is 17.8. The summed E-state index contributed by atoms with van der Waals surface area (Å²) in [7, 11) is 1.61. The average Bonchev–Trinajstić information content (AvgIpc) is 3.46. The van der Waals surface area contributed by atoms with E-state index in [9.17, 15) is 19.2 Å². The van der Waals surface area contributed by atoms with Crippen LogP contribution in [0.2, 0.25) is 0 Å². The highest BCUT2D eigenvalue weighted by atomic mass is 79.9. The average molecular weight is 561 g/mol. The van der Waals surface area contributed by atoms with E-state index in [2.05, 4.69) is 31.5 Å². The summed E-state index contributed by atoms with van der Waals surface area (Å²) in [4.78, 5) is 56.9. The number of amides is 4. The molecule has 1 atom stereocenters. The van der Waals surface area contributed by atoms with E-state index in [1.54, 1.807) is 37.5 Å². The summed E-state index contributed by atoms with van der Waals surface area (Å²) in [6, 6.07) is 15.8. The van der Waals surface area contributed by atoms with Crippen LogP contribution in [0.1, 0.15) is 11.1 Å². The molecule has 2 aliphatic rings. The van der Waals surface area contributed by atoms with E-state index in [0.29, 0.717) is 39.9 Å². The van der Waals surface area contributed by atoms with E-state index < -0.39 is 11.6 Å². The van der Waals surface area contributed by atoms with Crippen LogP contribution >= 0.6 is 15.9 Å². The van der Waals surface area contributed by atoms with E-state index in [1.807, 2.05) is 30.3 Å². The maximum atomic E-state index is 13.4. The summed E-state index contributed by atoms with van der Waals surface area (Å²) in [6.07, 6.45) is 2.36. The number of carbonyl (C=O) groups excluding carboxylic acids is 3. The predicted molar refractivity (Wildman–Crippen MR) is 140 cm³/mol. The lowest BCUT2D eigenvalue weighted by molar-refractivity contribution is -0.125. The second-order valence-corrected chi connectivity index (χ2v) is 10.1. The van der Waals surface area contributed by atoms with Crippen LogP contribution < -0.4 is 16.3 Å². The third kappa shape index (κ3) is 3.57. The molecule has 2 aromatic heterocycles.